The average molecular weight is 1500 g/mol. The van der Waals surface area contributed by atoms with Crippen molar-refractivity contribution in [2.45, 2.75) is 84.5 Å². The van der Waals surface area contributed by atoms with Crippen LogP contribution in [-0.2, 0) is 16.2 Å². The quantitative estimate of drug-likeness (QED) is 0.0473. The summed E-state index contributed by atoms with van der Waals surface area (Å²) in [6, 6.07) is 117. The number of aryl methyl sites for hydroxylation is 3. The van der Waals surface area contributed by atoms with E-state index < -0.39 is 17.9 Å². The SMILES string of the molecule is Cc1cccc(N(c2ccc(C(=O)Oc3ccc(C(c4ccc(OC(=O)c5ccc(N(c6cccc(C)c6)c6ccc7c(c6)C(C)(C)c6ccccc6-7)cc5)cc4)c4ccc(OC(=O)c5ccc(N(c6cccc(C)c6)c6ccc7c(c6)C(C)(C)c6ccccc6-7)cc5)cc4)cc3)cc2)c2ccc3c(c2)C(C)(C)c2ccccc2-3)c1. The number of rotatable bonds is 18. The molecule has 560 valence electrons. The van der Waals surface area contributed by atoms with Crippen LogP contribution in [0.2, 0.25) is 0 Å². The van der Waals surface area contributed by atoms with Gasteiger partial charge in [-0.05, 0) is 303 Å². The maximum Gasteiger partial charge on any atom is 0.343 e. The fraction of sp³-hybridized carbons (Fsp3) is 0.123. The second-order valence-electron chi connectivity index (χ2n) is 32.2. The number of fused-ring (bicyclic) bond motifs is 9. The molecular weight excluding hydrogens is 1410 g/mol. The standard InChI is InChI=1S/C106H85N3O6/c1-67-19-16-22-79(61-67)107(82-49-58-91-88-25-10-13-28-94(88)104(4,5)97(91)64-82)76-43-31-73(32-44-76)101(110)113-85-52-37-70(38-53-85)100(71-39-54-86(55-40-71)114-102(111)74-33-45-77(46-34-74)108(80-23-17-20-68(2)62-80)83-50-59-92-89-26-11-14-29-95(89)105(6,7)98(92)65-83)72-41-56-87(57-42-72)115-103(112)75-35-47-78(48-36-75)109(81-24-18-21-69(3)63-81)84-51-60-93-90-27-12-15-30-96(90)106(8,9)99(93)66-84/h10-66,100H,1-9H3. The minimum atomic E-state index is -0.498. The number of ether oxygens (including phenoxy) is 3. The number of carbonyl (C=O) groups excluding carboxylic acids is 3. The highest BCUT2D eigenvalue weighted by molar-refractivity contribution is 5.96. The molecule has 115 heavy (non-hydrogen) atoms. The summed E-state index contributed by atoms with van der Waals surface area (Å²) in [5, 5.41) is 0. The van der Waals surface area contributed by atoms with E-state index in [9.17, 15) is 14.4 Å². The van der Waals surface area contributed by atoms with Gasteiger partial charge in [-0.3, -0.25) is 0 Å². The van der Waals surface area contributed by atoms with Crippen LogP contribution in [0.25, 0.3) is 33.4 Å². The molecule has 15 aromatic carbocycles. The van der Waals surface area contributed by atoms with Gasteiger partial charge in [-0.15, -0.1) is 0 Å². The van der Waals surface area contributed by atoms with Gasteiger partial charge in [0.2, 0.25) is 0 Å². The number of hydrogen-bond donors (Lipinski definition) is 0. The molecule has 0 N–H and O–H groups in total. The zero-order valence-corrected chi connectivity index (χ0v) is 65.8. The van der Waals surface area contributed by atoms with Gasteiger partial charge in [0.1, 0.15) is 17.2 Å². The summed E-state index contributed by atoms with van der Waals surface area (Å²) >= 11 is 0. The van der Waals surface area contributed by atoms with E-state index in [0.717, 1.165) is 84.6 Å². The van der Waals surface area contributed by atoms with Crippen molar-refractivity contribution in [3.63, 3.8) is 0 Å². The van der Waals surface area contributed by atoms with E-state index in [1.54, 1.807) is 0 Å². The summed E-state index contributed by atoms with van der Waals surface area (Å²) in [7, 11) is 0. The Hall–Kier alpha value is -13.9. The smallest absolute Gasteiger partial charge is 0.343 e. The topological polar surface area (TPSA) is 88.6 Å². The number of nitrogens with zero attached hydrogens (tertiary/aromatic N) is 3. The Morgan fingerprint density at radius 2 is 0.470 bits per heavy atom. The van der Waals surface area contributed by atoms with Crippen LogP contribution in [0.1, 0.15) is 145 Å². The van der Waals surface area contributed by atoms with Crippen LogP contribution in [0.4, 0.5) is 51.2 Å². The Morgan fingerprint density at radius 3 is 0.730 bits per heavy atom. The minimum Gasteiger partial charge on any atom is -0.423 e. The minimum absolute atomic E-state index is 0.190. The Bertz CT molecular complexity index is 5710. The normalized spacial score (nSPS) is 13.3. The zero-order chi connectivity index (χ0) is 79.0. The van der Waals surface area contributed by atoms with Crippen molar-refractivity contribution in [3.8, 4) is 50.6 Å². The molecule has 9 nitrogen and oxygen atoms in total. The van der Waals surface area contributed by atoms with Crippen LogP contribution in [0.15, 0.2) is 346 Å². The summed E-state index contributed by atoms with van der Waals surface area (Å²) in [4.78, 5) is 49.4. The van der Waals surface area contributed by atoms with Crippen molar-refractivity contribution in [3.05, 3.63) is 429 Å². The number of esters is 3. The summed E-state index contributed by atoms with van der Waals surface area (Å²) in [5.74, 6) is -0.774. The largest absolute Gasteiger partial charge is 0.423 e. The van der Waals surface area contributed by atoms with Crippen LogP contribution in [0, 0.1) is 20.8 Å². The first-order valence-corrected chi connectivity index (χ1v) is 39.3. The van der Waals surface area contributed by atoms with E-state index in [2.05, 4.69) is 277 Å². The molecule has 0 aromatic heterocycles. The Balaban J connectivity index is 0.607. The van der Waals surface area contributed by atoms with Crippen molar-refractivity contribution in [1.82, 2.24) is 0 Å². The highest BCUT2D eigenvalue weighted by Gasteiger charge is 2.39. The van der Waals surface area contributed by atoms with Crippen molar-refractivity contribution in [2.24, 2.45) is 0 Å². The molecule has 18 rings (SSSR count). The first-order chi connectivity index (χ1) is 55.7. The van der Waals surface area contributed by atoms with Gasteiger partial charge < -0.3 is 28.9 Å². The number of carbonyl (C=O) groups is 3. The van der Waals surface area contributed by atoms with Crippen LogP contribution in [0.5, 0.6) is 17.2 Å². The second-order valence-corrected chi connectivity index (χ2v) is 32.2. The van der Waals surface area contributed by atoms with E-state index in [-0.39, 0.29) is 22.2 Å². The molecule has 0 heterocycles. The van der Waals surface area contributed by atoms with Gasteiger partial charge in [-0.25, -0.2) is 14.4 Å². The average Bonchev–Trinajstić information content (AvgIpc) is 1.59. The summed E-state index contributed by atoms with van der Waals surface area (Å²) in [6.07, 6.45) is 0. The summed E-state index contributed by atoms with van der Waals surface area (Å²) in [6.45, 7) is 20.0. The van der Waals surface area contributed by atoms with Gasteiger partial charge in [0, 0.05) is 73.3 Å². The van der Waals surface area contributed by atoms with Gasteiger partial charge in [0.25, 0.3) is 0 Å². The van der Waals surface area contributed by atoms with Crippen LogP contribution < -0.4 is 28.9 Å². The summed E-state index contributed by atoms with van der Waals surface area (Å²) < 4.78 is 18.4. The lowest BCUT2D eigenvalue weighted by molar-refractivity contribution is 0.0725. The predicted octanol–water partition coefficient (Wildman–Crippen LogP) is 26.8. The molecule has 0 radical (unpaired) electrons. The molecule has 0 saturated carbocycles. The first-order valence-electron chi connectivity index (χ1n) is 39.3. The fourth-order valence-electron chi connectivity index (χ4n) is 17.6. The van der Waals surface area contributed by atoms with Gasteiger partial charge in [-0.1, -0.05) is 205 Å². The lowest BCUT2D eigenvalue weighted by Gasteiger charge is -2.28. The molecule has 0 saturated heterocycles. The van der Waals surface area contributed by atoms with Gasteiger partial charge in [0.15, 0.2) is 0 Å². The van der Waals surface area contributed by atoms with Crippen molar-refractivity contribution < 1.29 is 28.6 Å². The zero-order valence-electron chi connectivity index (χ0n) is 65.8. The molecule has 0 fully saturated rings. The van der Waals surface area contributed by atoms with E-state index in [4.69, 9.17) is 14.2 Å². The fourth-order valence-corrected chi connectivity index (χ4v) is 17.6. The van der Waals surface area contributed by atoms with Crippen LogP contribution in [-0.4, -0.2) is 17.9 Å². The van der Waals surface area contributed by atoms with Gasteiger partial charge in [-0.2, -0.15) is 0 Å². The monoisotopic (exact) mass is 1500 g/mol. The third-order valence-electron chi connectivity index (χ3n) is 23.6. The van der Waals surface area contributed by atoms with E-state index in [1.165, 1.54) is 66.8 Å². The second kappa shape index (κ2) is 29.0. The molecule has 0 aliphatic heterocycles. The van der Waals surface area contributed by atoms with Crippen LogP contribution >= 0.6 is 0 Å². The van der Waals surface area contributed by atoms with Crippen molar-refractivity contribution in [1.29, 1.82) is 0 Å². The lowest BCUT2D eigenvalue weighted by atomic mass is 9.82. The maximum absolute atomic E-state index is 14.2. The molecular formula is C106H85N3O6. The third-order valence-corrected chi connectivity index (χ3v) is 23.6. The predicted molar refractivity (Wildman–Crippen MR) is 465 cm³/mol. The third kappa shape index (κ3) is 13.4. The number of anilines is 9. The molecule has 3 aliphatic carbocycles. The molecule has 0 amide bonds. The summed E-state index contributed by atoms with van der Waals surface area (Å²) in [5.41, 5.74) is 30.7. The number of hydrogen-bond acceptors (Lipinski definition) is 9. The molecule has 15 aromatic rings. The highest BCUT2D eigenvalue weighted by atomic mass is 16.5. The van der Waals surface area contributed by atoms with E-state index in [1.807, 2.05) is 146 Å². The van der Waals surface area contributed by atoms with Crippen LogP contribution in [0.3, 0.4) is 0 Å². The molecule has 0 bridgehead atoms. The maximum atomic E-state index is 14.2. The highest BCUT2D eigenvalue weighted by Crippen LogP contribution is 2.55. The van der Waals surface area contributed by atoms with E-state index >= 15 is 0 Å². The lowest BCUT2D eigenvalue weighted by Crippen LogP contribution is -2.16. The molecule has 0 unspecified atom stereocenters. The van der Waals surface area contributed by atoms with E-state index in [0.29, 0.717) is 33.9 Å². The van der Waals surface area contributed by atoms with Crippen molar-refractivity contribution >= 4 is 69.1 Å². The molecule has 0 spiro atoms. The molecule has 3 aliphatic rings. The number of benzene rings is 15. The Morgan fingerprint density at radius 1 is 0.235 bits per heavy atom. The molecule has 0 atom stereocenters. The Labute approximate surface area is 672 Å². The van der Waals surface area contributed by atoms with Gasteiger partial charge in [0.05, 0.1) is 16.7 Å². The first kappa shape index (κ1) is 72.6. The molecule has 9 heteroatoms. The Kier molecular flexibility index (Phi) is 18.3. The van der Waals surface area contributed by atoms with Gasteiger partial charge >= 0.3 is 17.9 Å². The van der Waals surface area contributed by atoms with Crippen molar-refractivity contribution in [2.75, 3.05) is 14.7 Å².